The van der Waals surface area contributed by atoms with Crippen LogP contribution in [-0.4, -0.2) is 314 Å². The van der Waals surface area contributed by atoms with E-state index in [0.717, 1.165) is 12.2 Å². The van der Waals surface area contributed by atoms with Crippen LogP contribution in [0.1, 0.15) is 83.5 Å². The Balaban J connectivity index is 0.913. The van der Waals surface area contributed by atoms with E-state index in [0.29, 0.717) is 44.9 Å². The number of hydrogen-bond donors (Lipinski definition) is 18. The second kappa shape index (κ2) is 31.1. The molecule has 0 spiro atoms. The lowest BCUT2D eigenvalue weighted by Gasteiger charge is -2.52. The lowest BCUT2D eigenvalue weighted by molar-refractivity contribution is -0.380. The fourth-order valence-corrected chi connectivity index (χ4v) is 13.7. The van der Waals surface area contributed by atoms with Gasteiger partial charge < -0.3 is 144 Å². The maximum atomic E-state index is 13.2. The molecule has 88 heavy (non-hydrogen) atoms. The summed E-state index contributed by atoms with van der Waals surface area (Å²) in [6.07, 6.45) is -35.9. The van der Waals surface area contributed by atoms with Crippen LogP contribution >= 0.6 is 0 Å². The molecule has 9 aliphatic rings. The summed E-state index contributed by atoms with van der Waals surface area (Å²) in [4.78, 5) is 26.3. The van der Waals surface area contributed by atoms with Crippen LogP contribution in [0.4, 0.5) is 0 Å². The van der Waals surface area contributed by atoms with Gasteiger partial charge in [-0.3, -0.25) is 0 Å². The Morgan fingerprint density at radius 3 is 1.40 bits per heavy atom. The topological polar surface area (TPSA) is 500 Å². The van der Waals surface area contributed by atoms with Gasteiger partial charge in [0.25, 0.3) is 0 Å². The smallest absolute Gasteiger partial charge is 0.330 e. The third-order valence-electron chi connectivity index (χ3n) is 19.0. The predicted molar refractivity (Wildman–Crippen MR) is 287 cm³/mol. The van der Waals surface area contributed by atoms with Gasteiger partial charge in [0.1, 0.15) is 111 Å². The van der Waals surface area contributed by atoms with E-state index in [2.05, 4.69) is 0 Å². The molecule has 0 aromatic carbocycles. The zero-order valence-corrected chi connectivity index (χ0v) is 48.3. The number of allylic oxidation sites excluding steroid dienone is 2. The van der Waals surface area contributed by atoms with Crippen LogP contribution in [0.2, 0.25) is 0 Å². The molecular formula is C57H90O31. The highest BCUT2D eigenvalue weighted by Crippen LogP contribution is 2.46. The number of fused-ring (bicyclic) bond motifs is 1. The van der Waals surface area contributed by atoms with Crippen LogP contribution in [0, 0.1) is 23.7 Å². The molecular weight excluding hydrogens is 1180 g/mol. The molecule has 31 heteroatoms. The van der Waals surface area contributed by atoms with E-state index < -0.39 is 234 Å². The Bertz CT molecular complexity index is 2260. The minimum Gasteiger partial charge on any atom is -0.460 e. The molecule has 9 rings (SSSR count). The van der Waals surface area contributed by atoms with Crippen LogP contribution in [-0.2, 0) is 61.7 Å². The van der Waals surface area contributed by atoms with Crippen molar-refractivity contribution in [3.63, 3.8) is 0 Å². The van der Waals surface area contributed by atoms with E-state index in [1.165, 1.54) is 12.2 Å². The molecule has 5 heterocycles. The number of rotatable bonds is 19. The van der Waals surface area contributed by atoms with Crippen LogP contribution in [0.3, 0.4) is 0 Å². The van der Waals surface area contributed by atoms with Crippen molar-refractivity contribution in [1.29, 1.82) is 0 Å². The van der Waals surface area contributed by atoms with E-state index in [-0.39, 0.29) is 50.4 Å². The highest BCUT2D eigenvalue weighted by atomic mass is 16.8. The molecule has 9 fully saturated rings. The molecule has 0 aromatic heterocycles. The largest absolute Gasteiger partial charge is 0.460 e. The average molecular weight is 1270 g/mol. The highest BCUT2D eigenvalue weighted by molar-refractivity contribution is 5.82. The fourth-order valence-electron chi connectivity index (χ4n) is 13.7. The van der Waals surface area contributed by atoms with Gasteiger partial charge in [0, 0.05) is 24.5 Å². The molecule has 18 N–H and O–H groups in total. The van der Waals surface area contributed by atoms with Crippen molar-refractivity contribution in [1.82, 2.24) is 0 Å². The molecule has 32 unspecified atom stereocenters. The van der Waals surface area contributed by atoms with Crippen molar-refractivity contribution >= 4 is 11.9 Å². The number of carbonyl (C=O) groups excluding carboxylic acids is 2. The van der Waals surface area contributed by atoms with Crippen molar-refractivity contribution in [3.05, 3.63) is 24.3 Å². The third kappa shape index (κ3) is 16.4. The number of carbonyl (C=O) groups is 2. The summed E-state index contributed by atoms with van der Waals surface area (Å²) in [5.41, 5.74) is 0. The zero-order valence-electron chi connectivity index (χ0n) is 48.3. The molecule has 0 radical (unpaired) electrons. The van der Waals surface area contributed by atoms with E-state index in [4.69, 9.17) is 52.1 Å². The van der Waals surface area contributed by atoms with Gasteiger partial charge in [0.2, 0.25) is 0 Å². The average Bonchev–Trinajstić information content (AvgIpc) is 3.53. The molecule has 4 aliphatic carbocycles. The Kier molecular flexibility index (Phi) is 24.6. The van der Waals surface area contributed by atoms with E-state index in [1.54, 1.807) is 0 Å². The quantitative estimate of drug-likeness (QED) is 0.0422. The minimum atomic E-state index is -2.10. The highest BCUT2D eigenvalue weighted by Gasteiger charge is 2.56. The second-order valence-electron chi connectivity index (χ2n) is 25.1. The first-order chi connectivity index (χ1) is 41.9. The summed E-state index contributed by atoms with van der Waals surface area (Å²) in [5, 5.41) is 193. The Morgan fingerprint density at radius 2 is 0.852 bits per heavy atom. The summed E-state index contributed by atoms with van der Waals surface area (Å²) >= 11 is 0. The minimum absolute atomic E-state index is 0.0142. The van der Waals surface area contributed by atoms with Crippen LogP contribution < -0.4 is 0 Å². The molecule has 32 atom stereocenters. The number of esters is 2. The molecule has 0 amide bonds. The Morgan fingerprint density at radius 1 is 0.386 bits per heavy atom. The summed E-state index contributed by atoms with van der Waals surface area (Å²) in [6, 6.07) is 0. The molecule has 31 nitrogen and oxygen atoms in total. The maximum absolute atomic E-state index is 13.2. The summed E-state index contributed by atoms with van der Waals surface area (Å²) in [5.74, 6) is -3.58. The van der Waals surface area contributed by atoms with Gasteiger partial charge in [0.15, 0.2) is 25.2 Å². The lowest BCUT2D eigenvalue weighted by Crippen LogP contribution is -2.66. The van der Waals surface area contributed by atoms with Crippen LogP contribution in [0.15, 0.2) is 24.3 Å². The van der Waals surface area contributed by atoms with Crippen molar-refractivity contribution < 1.29 is 154 Å². The standard InChI is InChI=1S/C57H90O31/c58-18-35-41(67)45(71)49(75)54(84-35)81-32-16-26(61)15-31-27(32)17-34(52(80-31)24-5-7-25(60)8-6-24)83-57-53(48(74)44(70)38(87-57)21-79-39(65)11-3-22-1-9-28(62)30(64)13-22)88-56-51(77)47(73)43(69)37(86-56)20-78-40(66)12-4-23-2-10-29(63)33(14-23)82-55-50(76)46(72)42(68)36(19-59)85-55/h3-4,11-12,22-38,41-64,67-77H,1-2,5-10,13-21H2. The third-order valence-corrected chi connectivity index (χ3v) is 19.0. The predicted octanol–water partition coefficient (Wildman–Crippen LogP) is -7.26. The van der Waals surface area contributed by atoms with Gasteiger partial charge in [-0.2, -0.15) is 0 Å². The monoisotopic (exact) mass is 1270 g/mol. The molecule has 0 aromatic rings. The van der Waals surface area contributed by atoms with Crippen molar-refractivity contribution in [2.24, 2.45) is 23.7 Å². The van der Waals surface area contributed by atoms with Gasteiger partial charge in [0.05, 0.1) is 74.3 Å². The zero-order chi connectivity index (χ0) is 63.4. The van der Waals surface area contributed by atoms with Crippen molar-refractivity contribution in [2.75, 3.05) is 26.4 Å². The lowest BCUT2D eigenvalue weighted by atomic mass is 9.73. The van der Waals surface area contributed by atoms with Gasteiger partial charge in [-0.05, 0) is 94.8 Å². The van der Waals surface area contributed by atoms with Crippen molar-refractivity contribution in [3.8, 4) is 0 Å². The Labute approximate surface area is 506 Å². The summed E-state index contributed by atoms with van der Waals surface area (Å²) in [7, 11) is 0. The van der Waals surface area contributed by atoms with Gasteiger partial charge >= 0.3 is 11.9 Å². The van der Waals surface area contributed by atoms with Crippen LogP contribution in [0.5, 0.6) is 0 Å². The van der Waals surface area contributed by atoms with Gasteiger partial charge in [-0.15, -0.1) is 0 Å². The Hall–Kier alpha value is -2.66. The molecule has 4 saturated carbocycles. The number of aliphatic hydroxyl groups excluding tert-OH is 18. The van der Waals surface area contributed by atoms with Crippen LogP contribution in [0.25, 0.3) is 0 Å². The molecule has 0 bridgehead atoms. The molecule has 5 aliphatic heterocycles. The second-order valence-corrected chi connectivity index (χ2v) is 25.1. The first kappa shape index (κ1) is 69.7. The van der Waals surface area contributed by atoms with Gasteiger partial charge in [-0.1, -0.05) is 12.2 Å². The maximum Gasteiger partial charge on any atom is 0.330 e. The number of ether oxygens (including phenoxy) is 11. The fraction of sp³-hybridized carbons (Fsp3) is 0.895. The molecule has 5 saturated heterocycles. The van der Waals surface area contributed by atoms with E-state index in [1.807, 2.05) is 0 Å². The number of aliphatic hydroxyl groups is 18. The normalized spacial score (nSPS) is 49.7. The summed E-state index contributed by atoms with van der Waals surface area (Å²) in [6.45, 7) is -2.91. The molecule has 504 valence electrons. The van der Waals surface area contributed by atoms with Crippen molar-refractivity contribution in [2.45, 2.75) is 267 Å². The summed E-state index contributed by atoms with van der Waals surface area (Å²) < 4.78 is 66.2. The van der Waals surface area contributed by atoms with Gasteiger partial charge in [-0.25, -0.2) is 9.59 Å². The number of hydrogen-bond acceptors (Lipinski definition) is 31. The van der Waals surface area contributed by atoms with E-state index >= 15 is 0 Å². The van der Waals surface area contributed by atoms with E-state index in [9.17, 15) is 102 Å². The first-order valence-electron chi connectivity index (χ1n) is 30.6. The first-order valence-corrected chi connectivity index (χ1v) is 30.6. The SMILES string of the molecule is O=C(C=CC1CCC(O)C(OC2OC(CO)C(O)C(O)C2O)C1)OCC1OC(OC2C(OC3CC4C(OC5OC(CO)C(O)C(O)C5O)CC(O)CC4OC3C3CCC(O)CC3)OC(COC(=O)C=CC3CCC(O)C(O)C3)C(O)C2O)C(O)C(O)C1O.